The zero-order valence-electron chi connectivity index (χ0n) is 18.1. The van der Waals surface area contributed by atoms with Crippen molar-refractivity contribution in [1.29, 1.82) is 0 Å². The lowest BCUT2D eigenvalue weighted by Crippen LogP contribution is -2.22. The van der Waals surface area contributed by atoms with Gasteiger partial charge in [0.1, 0.15) is 11.6 Å². The molecule has 0 radical (unpaired) electrons. The molecule has 0 heterocycles. The van der Waals surface area contributed by atoms with Gasteiger partial charge >= 0.3 is 5.97 Å². The van der Waals surface area contributed by atoms with Crippen LogP contribution in [0.2, 0.25) is 0 Å². The Labute approximate surface area is 174 Å². The van der Waals surface area contributed by atoms with E-state index in [-0.39, 0.29) is 36.8 Å². The fourth-order valence-electron chi connectivity index (χ4n) is 3.95. The molecule has 6 nitrogen and oxygen atoms in total. The van der Waals surface area contributed by atoms with Crippen molar-refractivity contribution in [1.82, 2.24) is 0 Å². The predicted octanol–water partition coefficient (Wildman–Crippen LogP) is 3.38. The maximum atomic E-state index is 12.3. The van der Waals surface area contributed by atoms with Crippen molar-refractivity contribution in [3.05, 3.63) is 12.2 Å². The standard InChI is InChI=1S/C23H38O6/c1-4-5-8-16(2)13-18(25)11-12-19-20(22(27)15-21(19)26)14-17(24)9-6-7-10-23(28)29-3/h11-12,16,18-21,25-26H,4-10,13-15H2,1-3H3/b12-11+/t16-,18+,19+,20+,21+/m0/s1. The van der Waals surface area contributed by atoms with Crippen LogP contribution in [-0.4, -0.2) is 47.1 Å². The minimum Gasteiger partial charge on any atom is -0.469 e. The second-order valence-electron chi connectivity index (χ2n) is 8.38. The Balaban J connectivity index is 2.52. The molecule has 1 fully saturated rings. The van der Waals surface area contributed by atoms with E-state index in [4.69, 9.17) is 0 Å². The lowest BCUT2D eigenvalue weighted by atomic mass is 9.87. The van der Waals surface area contributed by atoms with Gasteiger partial charge in [-0.1, -0.05) is 45.3 Å². The van der Waals surface area contributed by atoms with Gasteiger partial charge in [0.2, 0.25) is 0 Å². The first-order chi connectivity index (χ1) is 13.8. The van der Waals surface area contributed by atoms with Crippen LogP contribution in [0.4, 0.5) is 0 Å². The number of aliphatic hydroxyl groups excluding tert-OH is 2. The molecule has 166 valence electrons. The summed E-state index contributed by atoms with van der Waals surface area (Å²) >= 11 is 0. The van der Waals surface area contributed by atoms with E-state index in [0.29, 0.717) is 31.6 Å². The summed E-state index contributed by atoms with van der Waals surface area (Å²) in [4.78, 5) is 35.6. The van der Waals surface area contributed by atoms with Gasteiger partial charge in [-0.15, -0.1) is 0 Å². The molecule has 1 rings (SSSR count). The van der Waals surface area contributed by atoms with Crippen molar-refractivity contribution >= 4 is 17.5 Å². The average molecular weight is 411 g/mol. The van der Waals surface area contributed by atoms with Gasteiger partial charge in [0.05, 0.1) is 19.3 Å². The Morgan fingerprint density at radius 2 is 1.93 bits per heavy atom. The van der Waals surface area contributed by atoms with Crippen LogP contribution >= 0.6 is 0 Å². The van der Waals surface area contributed by atoms with Crippen molar-refractivity contribution in [3.63, 3.8) is 0 Å². The number of methoxy groups -OCH3 is 1. The highest BCUT2D eigenvalue weighted by atomic mass is 16.5. The van der Waals surface area contributed by atoms with Gasteiger partial charge in [-0.2, -0.15) is 0 Å². The molecular formula is C23H38O6. The number of carbonyl (C=O) groups excluding carboxylic acids is 3. The van der Waals surface area contributed by atoms with Crippen molar-refractivity contribution in [2.45, 2.75) is 90.3 Å². The van der Waals surface area contributed by atoms with Gasteiger partial charge in [-0.3, -0.25) is 14.4 Å². The van der Waals surface area contributed by atoms with Gasteiger partial charge in [0, 0.05) is 37.5 Å². The summed E-state index contributed by atoms with van der Waals surface area (Å²) in [7, 11) is 1.33. The van der Waals surface area contributed by atoms with Gasteiger partial charge in [0.15, 0.2) is 0 Å². The molecule has 2 N–H and O–H groups in total. The first kappa shape index (κ1) is 25.5. The molecule has 1 saturated carbocycles. The molecule has 6 heteroatoms. The third-order valence-electron chi connectivity index (χ3n) is 5.74. The van der Waals surface area contributed by atoms with Crippen molar-refractivity contribution in [3.8, 4) is 0 Å². The predicted molar refractivity (Wildman–Crippen MR) is 111 cm³/mol. The van der Waals surface area contributed by atoms with Crippen LogP contribution in [0.1, 0.15) is 78.1 Å². The van der Waals surface area contributed by atoms with Crippen LogP contribution in [-0.2, 0) is 19.1 Å². The monoisotopic (exact) mass is 410 g/mol. The zero-order valence-corrected chi connectivity index (χ0v) is 18.1. The Morgan fingerprint density at radius 1 is 1.24 bits per heavy atom. The second kappa shape index (κ2) is 13.6. The Kier molecular flexibility index (Phi) is 12.0. The normalized spacial score (nSPS) is 24.0. The van der Waals surface area contributed by atoms with Gasteiger partial charge in [-0.05, 0) is 25.2 Å². The maximum Gasteiger partial charge on any atom is 0.305 e. The van der Waals surface area contributed by atoms with Crippen LogP contribution in [0, 0.1) is 17.8 Å². The molecule has 0 unspecified atom stereocenters. The molecule has 1 aliphatic rings. The zero-order chi connectivity index (χ0) is 21.8. The van der Waals surface area contributed by atoms with E-state index >= 15 is 0 Å². The molecule has 1 aliphatic carbocycles. The quantitative estimate of drug-likeness (QED) is 0.259. The Hall–Kier alpha value is -1.53. The lowest BCUT2D eigenvalue weighted by molar-refractivity contribution is -0.140. The minimum absolute atomic E-state index is 0.0329. The fourth-order valence-corrected chi connectivity index (χ4v) is 3.95. The molecule has 29 heavy (non-hydrogen) atoms. The Morgan fingerprint density at radius 3 is 2.59 bits per heavy atom. The summed E-state index contributed by atoms with van der Waals surface area (Å²) in [5.74, 6) is -0.970. The van der Waals surface area contributed by atoms with Gasteiger partial charge in [0.25, 0.3) is 0 Å². The highest BCUT2D eigenvalue weighted by molar-refractivity contribution is 5.90. The molecule has 0 aliphatic heterocycles. The van der Waals surface area contributed by atoms with Gasteiger partial charge in [-0.25, -0.2) is 0 Å². The van der Waals surface area contributed by atoms with Crippen LogP contribution in [0.3, 0.4) is 0 Å². The summed E-state index contributed by atoms with van der Waals surface area (Å²) in [5.41, 5.74) is 0. The molecule has 5 atom stereocenters. The number of Topliss-reactive ketones (excluding diaryl/α,β-unsaturated/α-hetero) is 2. The average Bonchev–Trinajstić information content (AvgIpc) is 2.94. The molecule has 0 amide bonds. The van der Waals surface area contributed by atoms with Gasteiger partial charge < -0.3 is 14.9 Å². The molecular weight excluding hydrogens is 372 g/mol. The number of aliphatic hydroxyl groups is 2. The third kappa shape index (κ3) is 9.68. The summed E-state index contributed by atoms with van der Waals surface area (Å²) in [6.45, 7) is 4.25. The van der Waals surface area contributed by atoms with Crippen LogP contribution in [0.5, 0.6) is 0 Å². The number of hydrogen-bond donors (Lipinski definition) is 2. The highest BCUT2D eigenvalue weighted by Crippen LogP contribution is 2.34. The van der Waals surface area contributed by atoms with E-state index in [0.717, 1.165) is 19.3 Å². The second-order valence-corrected chi connectivity index (χ2v) is 8.38. The molecule has 0 bridgehead atoms. The fraction of sp³-hybridized carbons (Fsp3) is 0.783. The van der Waals surface area contributed by atoms with Crippen molar-refractivity contribution in [2.24, 2.45) is 17.8 Å². The number of rotatable bonds is 14. The molecule has 0 aromatic rings. The van der Waals surface area contributed by atoms with E-state index in [9.17, 15) is 24.6 Å². The number of hydrogen-bond acceptors (Lipinski definition) is 6. The summed E-state index contributed by atoms with van der Waals surface area (Å²) < 4.78 is 4.57. The number of carbonyl (C=O) groups is 3. The SMILES string of the molecule is CCCC[C@H](C)C[C@H](O)/C=C/[C@H]1[C@H](O)CC(=O)[C@@H]1CC(=O)CCCCC(=O)OC. The highest BCUT2D eigenvalue weighted by Gasteiger charge is 2.40. The van der Waals surface area contributed by atoms with Crippen LogP contribution in [0.15, 0.2) is 12.2 Å². The maximum absolute atomic E-state index is 12.3. The van der Waals surface area contributed by atoms with E-state index in [1.54, 1.807) is 12.2 Å². The van der Waals surface area contributed by atoms with E-state index < -0.39 is 24.0 Å². The third-order valence-corrected chi connectivity index (χ3v) is 5.74. The number of ether oxygens (including phenoxy) is 1. The first-order valence-electron chi connectivity index (χ1n) is 10.9. The smallest absolute Gasteiger partial charge is 0.305 e. The van der Waals surface area contributed by atoms with Crippen molar-refractivity contribution in [2.75, 3.05) is 7.11 Å². The summed E-state index contributed by atoms with van der Waals surface area (Å²) in [6.07, 6.45) is 7.86. The Bertz CT molecular complexity index is 556. The van der Waals surface area contributed by atoms with E-state index in [1.165, 1.54) is 7.11 Å². The van der Waals surface area contributed by atoms with Crippen LogP contribution < -0.4 is 0 Å². The molecule has 0 spiro atoms. The summed E-state index contributed by atoms with van der Waals surface area (Å²) in [6, 6.07) is 0. The minimum atomic E-state index is -0.805. The topological polar surface area (TPSA) is 101 Å². The molecule has 0 saturated heterocycles. The molecule has 0 aromatic carbocycles. The number of esters is 1. The number of ketones is 2. The van der Waals surface area contributed by atoms with Crippen LogP contribution in [0.25, 0.3) is 0 Å². The van der Waals surface area contributed by atoms with E-state index in [1.807, 2.05) is 0 Å². The first-order valence-corrected chi connectivity index (χ1v) is 10.9. The van der Waals surface area contributed by atoms with E-state index in [2.05, 4.69) is 18.6 Å². The summed E-state index contributed by atoms with van der Waals surface area (Å²) in [5, 5.41) is 20.5. The largest absolute Gasteiger partial charge is 0.469 e. The number of unbranched alkanes of at least 4 members (excludes halogenated alkanes) is 2. The molecule has 0 aromatic heterocycles. The lowest BCUT2D eigenvalue weighted by Gasteiger charge is -2.18. The van der Waals surface area contributed by atoms with Crippen molar-refractivity contribution < 1.29 is 29.3 Å².